The molecule has 4 rings (SSSR count). The molecule has 0 aliphatic carbocycles. The zero-order valence-corrected chi connectivity index (χ0v) is 20.1. The fraction of sp³-hybridized carbons (Fsp3) is 0.762. The minimum absolute atomic E-state index is 0.109. The quantitative estimate of drug-likeness (QED) is 0.705. The fourth-order valence-corrected chi connectivity index (χ4v) is 7.44. The van der Waals surface area contributed by atoms with Crippen LogP contribution in [0.1, 0.15) is 37.2 Å². The largest absolute Gasteiger partial charge is 0.373 e. The van der Waals surface area contributed by atoms with Gasteiger partial charge >= 0.3 is 0 Å². The fourth-order valence-electron chi connectivity index (χ4n) is 4.87. The number of carbonyl (C=O) groups is 1. The van der Waals surface area contributed by atoms with Crippen LogP contribution in [0.25, 0.3) is 0 Å². The van der Waals surface area contributed by atoms with Crippen molar-refractivity contribution in [3.8, 4) is 0 Å². The van der Waals surface area contributed by atoms with Crippen LogP contribution in [0.3, 0.4) is 0 Å². The maximum Gasteiger partial charge on any atom is 0.270 e. The summed E-state index contributed by atoms with van der Waals surface area (Å²) in [6, 6.07) is 1.50. The van der Waals surface area contributed by atoms with E-state index in [9.17, 15) is 13.2 Å². The summed E-state index contributed by atoms with van der Waals surface area (Å²) >= 11 is 1.77. The van der Waals surface area contributed by atoms with Crippen molar-refractivity contribution in [1.82, 2.24) is 19.1 Å². The smallest absolute Gasteiger partial charge is 0.270 e. The first kappa shape index (κ1) is 23.1. The Kier molecular flexibility index (Phi) is 7.32. The van der Waals surface area contributed by atoms with Gasteiger partial charge in [0.05, 0.1) is 12.2 Å². The summed E-state index contributed by atoms with van der Waals surface area (Å²) in [5.74, 6) is 2.10. The number of aromatic amines is 1. The maximum atomic E-state index is 13.0. The van der Waals surface area contributed by atoms with E-state index in [-0.39, 0.29) is 23.0 Å². The number of rotatable bonds is 5. The predicted molar refractivity (Wildman–Crippen MR) is 122 cm³/mol. The van der Waals surface area contributed by atoms with Gasteiger partial charge in [-0.3, -0.25) is 9.69 Å². The van der Waals surface area contributed by atoms with Crippen molar-refractivity contribution in [1.29, 1.82) is 0 Å². The molecular formula is C21H34N4O4S2. The number of morpholine rings is 1. The summed E-state index contributed by atoms with van der Waals surface area (Å²) in [5.41, 5.74) is 0.360. The van der Waals surface area contributed by atoms with E-state index >= 15 is 0 Å². The number of hydrogen-bond donors (Lipinski definition) is 1. The standard InChI is InChI=1S/C21H34N4O4S2/c1-16-13-23(14-17(2)29-16)15-18-3-5-24(6-4-18)21(26)20-11-19(12-22-20)31(27,28)25-7-9-30-10-8-25/h11-12,16-18,22H,3-10,13-15H2,1-2H3. The van der Waals surface area contributed by atoms with E-state index in [0.717, 1.165) is 44.0 Å². The lowest BCUT2D eigenvalue weighted by Crippen LogP contribution is -2.48. The van der Waals surface area contributed by atoms with Crippen molar-refractivity contribution in [3.63, 3.8) is 0 Å². The Morgan fingerprint density at radius 2 is 1.77 bits per heavy atom. The van der Waals surface area contributed by atoms with Gasteiger partial charge in [0.2, 0.25) is 10.0 Å². The third kappa shape index (κ3) is 5.47. The van der Waals surface area contributed by atoms with Gasteiger partial charge in [-0.2, -0.15) is 16.1 Å². The van der Waals surface area contributed by atoms with Crippen LogP contribution in [0.5, 0.6) is 0 Å². The number of nitrogens with one attached hydrogen (secondary N) is 1. The number of carbonyl (C=O) groups excluding carboxylic acids is 1. The van der Waals surface area contributed by atoms with E-state index in [1.807, 2.05) is 4.90 Å². The first-order valence-corrected chi connectivity index (χ1v) is 13.9. The lowest BCUT2D eigenvalue weighted by Gasteiger charge is -2.39. The molecule has 0 aromatic carbocycles. The second-order valence-electron chi connectivity index (χ2n) is 8.98. The van der Waals surface area contributed by atoms with E-state index in [1.54, 1.807) is 11.8 Å². The molecule has 4 heterocycles. The second kappa shape index (κ2) is 9.82. The number of piperidine rings is 1. The van der Waals surface area contributed by atoms with E-state index < -0.39 is 10.0 Å². The highest BCUT2D eigenvalue weighted by atomic mass is 32.2. The molecule has 31 heavy (non-hydrogen) atoms. The van der Waals surface area contributed by atoms with Crippen LogP contribution in [0.2, 0.25) is 0 Å². The van der Waals surface area contributed by atoms with Crippen LogP contribution in [-0.4, -0.2) is 103 Å². The molecule has 1 amide bonds. The highest BCUT2D eigenvalue weighted by molar-refractivity contribution is 7.99. The summed E-state index contributed by atoms with van der Waals surface area (Å²) in [7, 11) is -3.54. The molecule has 3 fully saturated rings. The van der Waals surface area contributed by atoms with E-state index in [4.69, 9.17) is 4.74 Å². The minimum Gasteiger partial charge on any atom is -0.373 e. The molecule has 3 aliphatic heterocycles. The number of amides is 1. The molecule has 2 unspecified atom stereocenters. The van der Waals surface area contributed by atoms with Gasteiger partial charge < -0.3 is 14.6 Å². The summed E-state index contributed by atoms with van der Waals surface area (Å²) < 4.78 is 33.0. The molecule has 0 bridgehead atoms. The molecular weight excluding hydrogens is 436 g/mol. The van der Waals surface area contributed by atoms with Gasteiger partial charge in [-0.25, -0.2) is 8.42 Å². The van der Waals surface area contributed by atoms with Crippen molar-refractivity contribution in [2.75, 3.05) is 57.3 Å². The van der Waals surface area contributed by atoms with E-state index in [0.29, 0.717) is 37.8 Å². The van der Waals surface area contributed by atoms with Crippen LogP contribution >= 0.6 is 11.8 Å². The Balaban J connectivity index is 1.31. The maximum absolute atomic E-state index is 13.0. The molecule has 1 aromatic heterocycles. The first-order valence-electron chi connectivity index (χ1n) is 11.3. The molecule has 3 aliphatic rings. The topological polar surface area (TPSA) is 86.0 Å². The number of nitrogens with zero attached hydrogens (tertiary/aromatic N) is 3. The van der Waals surface area contributed by atoms with E-state index in [2.05, 4.69) is 23.7 Å². The third-order valence-electron chi connectivity index (χ3n) is 6.41. The number of H-pyrrole nitrogens is 1. The van der Waals surface area contributed by atoms with Crippen molar-refractivity contribution in [3.05, 3.63) is 18.0 Å². The lowest BCUT2D eigenvalue weighted by atomic mass is 9.95. The molecule has 0 radical (unpaired) electrons. The van der Waals surface area contributed by atoms with E-state index in [1.165, 1.54) is 16.6 Å². The Morgan fingerprint density at radius 1 is 1.13 bits per heavy atom. The molecule has 10 heteroatoms. The van der Waals surface area contributed by atoms with Gasteiger partial charge in [-0.05, 0) is 38.7 Å². The molecule has 2 atom stereocenters. The number of sulfonamides is 1. The zero-order chi connectivity index (χ0) is 22.0. The molecule has 3 saturated heterocycles. The monoisotopic (exact) mass is 470 g/mol. The van der Waals surface area contributed by atoms with Crippen LogP contribution in [0.15, 0.2) is 17.2 Å². The highest BCUT2D eigenvalue weighted by Crippen LogP contribution is 2.24. The minimum atomic E-state index is -3.54. The first-order chi connectivity index (χ1) is 14.8. The number of thioether (sulfide) groups is 1. The normalized spacial score (nSPS) is 27.5. The highest BCUT2D eigenvalue weighted by Gasteiger charge is 2.31. The predicted octanol–water partition coefficient (Wildman–Crippen LogP) is 1.71. The number of hydrogen-bond acceptors (Lipinski definition) is 6. The summed E-state index contributed by atoms with van der Waals surface area (Å²) in [6.45, 7) is 9.72. The van der Waals surface area contributed by atoms with Gasteiger partial charge in [-0.1, -0.05) is 0 Å². The summed E-state index contributed by atoms with van der Waals surface area (Å²) in [6.07, 6.45) is 3.95. The average molecular weight is 471 g/mol. The van der Waals surface area contributed by atoms with Gasteiger partial charge in [-0.15, -0.1) is 0 Å². The third-order valence-corrected chi connectivity index (χ3v) is 9.23. The van der Waals surface area contributed by atoms with Crippen molar-refractivity contribution < 1.29 is 17.9 Å². The van der Waals surface area contributed by atoms with Crippen LogP contribution in [0.4, 0.5) is 0 Å². The Morgan fingerprint density at radius 3 is 2.42 bits per heavy atom. The SMILES string of the molecule is CC1CN(CC2CCN(C(=O)c3cc(S(=O)(=O)N4CCSCC4)c[nH]3)CC2)CC(C)O1. The number of aromatic nitrogens is 1. The Hall–Kier alpha value is -1.07. The van der Waals surface area contributed by atoms with Gasteiger partial charge in [0.15, 0.2) is 0 Å². The molecule has 1 N–H and O–H groups in total. The van der Waals surface area contributed by atoms with Crippen LogP contribution < -0.4 is 0 Å². The molecule has 1 aromatic rings. The molecule has 174 valence electrons. The van der Waals surface area contributed by atoms with Crippen molar-refractivity contribution in [2.24, 2.45) is 5.92 Å². The number of ether oxygens (including phenoxy) is 1. The Labute approximate surface area is 189 Å². The molecule has 0 spiro atoms. The van der Waals surface area contributed by atoms with Crippen molar-refractivity contribution >= 4 is 27.7 Å². The summed E-state index contributed by atoms with van der Waals surface area (Å²) in [5, 5.41) is 0. The number of likely N-dealkylation sites (tertiary alicyclic amines) is 1. The van der Waals surface area contributed by atoms with Crippen LogP contribution in [0, 0.1) is 5.92 Å². The van der Waals surface area contributed by atoms with Crippen molar-refractivity contribution in [2.45, 2.75) is 43.8 Å². The van der Waals surface area contributed by atoms with Gasteiger partial charge in [0.1, 0.15) is 10.6 Å². The Bertz CT molecular complexity index is 850. The van der Waals surface area contributed by atoms with Gasteiger partial charge in [0, 0.05) is 63.5 Å². The van der Waals surface area contributed by atoms with Crippen LogP contribution in [-0.2, 0) is 14.8 Å². The zero-order valence-electron chi connectivity index (χ0n) is 18.5. The molecule has 8 nitrogen and oxygen atoms in total. The second-order valence-corrected chi connectivity index (χ2v) is 12.1. The summed E-state index contributed by atoms with van der Waals surface area (Å²) in [4.78, 5) is 20.4. The molecule has 0 saturated carbocycles. The lowest BCUT2D eigenvalue weighted by molar-refractivity contribution is -0.0728. The average Bonchev–Trinajstić information content (AvgIpc) is 3.25. The van der Waals surface area contributed by atoms with Gasteiger partial charge in [0.25, 0.3) is 5.91 Å².